The zero-order chi connectivity index (χ0) is 13.1. The highest BCUT2D eigenvalue weighted by atomic mass is 16.2. The lowest BCUT2D eigenvalue weighted by molar-refractivity contribution is -0.124. The van der Waals surface area contributed by atoms with Crippen molar-refractivity contribution in [1.82, 2.24) is 20.6 Å². The number of nitrogens with one attached hydrogen (secondary N) is 3. The zero-order valence-electron chi connectivity index (χ0n) is 10.3. The number of nitrogens with zero attached hydrogens (tertiary/aromatic N) is 2. The summed E-state index contributed by atoms with van der Waals surface area (Å²) in [4.78, 5) is 31.1. The van der Waals surface area contributed by atoms with Gasteiger partial charge in [-0.15, -0.1) is 0 Å². The highest BCUT2D eigenvalue weighted by Gasteiger charge is 2.24. The van der Waals surface area contributed by atoms with E-state index < -0.39 is 6.04 Å². The molecule has 1 atom stereocenters. The molecule has 1 aliphatic rings. The van der Waals surface area contributed by atoms with Gasteiger partial charge in [0.2, 0.25) is 17.8 Å². The minimum atomic E-state index is -0.452. The van der Waals surface area contributed by atoms with Crippen molar-refractivity contribution in [2.24, 2.45) is 0 Å². The third kappa shape index (κ3) is 3.01. The van der Waals surface area contributed by atoms with Crippen LogP contribution in [-0.2, 0) is 9.59 Å². The van der Waals surface area contributed by atoms with Gasteiger partial charge in [-0.25, -0.2) is 9.97 Å². The van der Waals surface area contributed by atoms with Crippen molar-refractivity contribution in [3.8, 4) is 0 Å². The second-order valence-corrected chi connectivity index (χ2v) is 4.20. The molecule has 1 unspecified atom stereocenters. The predicted octanol–water partition coefficient (Wildman–Crippen LogP) is -0.880. The molecule has 3 N–H and O–H groups in total. The molecule has 0 bridgehead atoms. The van der Waals surface area contributed by atoms with Gasteiger partial charge in [0, 0.05) is 17.9 Å². The van der Waals surface area contributed by atoms with Crippen LogP contribution in [0.5, 0.6) is 0 Å². The lowest BCUT2D eigenvalue weighted by Crippen LogP contribution is -2.56. The minimum Gasteiger partial charge on any atom is -0.353 e. The molecule has 1 fully saturated rings. The van der Waals surface area contributed by atoms with E-state index in [4.69, 9.17) is 0 Å². The summed E-state index contributed by atoms with van der Waals surface area (Å²) in [6.07, 6.45) is 0. The zero-order valence-corrected chi connectivity index (χ0v) is 10.3. The molecule has 18 heavy (non-hydrogen) atoms. The molecule has 1 aromatic rings. The summed E-state index contributed by atoms with van der Waals surface area (Å²) in [5, 5.41) is 8.09. The summed E-state index contributed by atoms with van der Waals surface area (Å²) in [5.74, 6) is -0.0714. The van der Waals surface area contributed by atoms with Gasteiger partial charge in [0.05, 0.1) is 6.54 Å². The van der Waals surface area contributed by atoms with Gasteiger partial charge in [-0.3, -0.25) is 20.2 Å². The SMILES string of the molecule is Cc1cc(C)nc(NC(=O)C2CNC(=O)CN2)n1. The molecule has 7 nitrogen and oxygen atoms in total. The van der Waals surface area contributed by atoms with Gasteiger partial charge in [0.25, 0.3) is 0 Å². The predicted molar refractivity (Wildman–Crippen MR) is 64.9 cm³/mol. The Morgan fingerprint density at radius 2 is 2.06 bits per heavy atom. The van der Waals surface area contributed by atoms with Gasteiger partial charge in [-0.05, 0) is 19.9 Å². The van der Waals surface area contributed by atoms with Gasteiger partial charge in [0.1, 0.15) is 6.04 Å². The van der Waals surface area contributed by atoms with Gasteiger partial charge in [-0.2, -0.15) is 0 Å². The number of carbonyl (C=O) groups is 2. The number of piperazine rings is 1. The minimum absolute atomic E-state index is 0.110. The van der Waals surface area contributed by atoms with Crippen molar-refractivity contribution < 1.29 is 9.59 Å². The van der Waals surface area contributed by atoms with Crippen molar-refractivity contribution in [2.75, 3.05) is 18.4 Å². The maximum atomic E-state index is 11.9. The second kappa shape index (κ2) is 5.09. The van der Waals surface area contributed by atoms with Crippen molar-refractivity contribution in [2.45, 2.75) is 19.9 Å². The number of aromatic nitrogens is 2. The number of rotatable bonds is 2. The highest BCUT2D eigenvalue weighted by Crippen LogP contribution is 2.04. The van der Waals surface area contributed by atoms with E-state index in [1.807, 2.05) is 19.9 Å². The largest absolute Gasteiger partial charge is 0.353 e. The van der Waals surface area contributed by atoms with Crippen molar-refractivity contribution in [3.63, 3.8) is 0 Å². The van der Waals surface area contributed by atoms with Crippen LogP contribution < -0.4 is 16.0 Å². The molecule has 0 aromatic carbocycles. The first-order chi connectivity index (χ1) is 8.54. The van der Waals surface area contributed by atoms with E-state index in [-0.39, 0.29) is 30.9 Å². The third-order valence-electron chi connectivity index (χ3n) is 2.55. The van der Waals surface area contributed by atoms with E-state index in [1.165, 1.54) is 0 Å². The Morgan fingerprint density at radius 1 is 1.39 bits per heavy atom. The second-order valence-electron chi connectivity index (χ2n) is 4.20. The lowest BCUT2D eigenvalue weighted by Gasteiger charge is -2.22. The molecule has 0 saturated carbocycles. The van der Waals surface area contributed by atoms with Crippen LogP contribution in [-0.4, -0.2) is 40.9 Å². The fraction of sp³-hybridized carbons (Fsp3) is 0.455. The van der Waals surface area contributed by atoms with Crippen LogP contribution in [0.15, 0.2) is 6.07 Å². The van der Waals surface area contributed by atoms with Crippen LogP contribution in [0.4, 0.5) is 5.95 Å². The Labute approximate surface area is 104 Å². The van der Waals surface area contributed by atoms with Crippen LogP contribution in [0.25, 0.3) is 0 Å². The Balaban J connectivity index is 2.00. The van der Waals surface area contributed by atoms with Crippen molar-refractivity contribution in [1.29, 1.82) is 0 Å². The van der Waals surface area contributed by atoms with E-state index in [0.29, 0.717) is 0 Å². The fourth-order valence-electron chi connectivity index (χ4n) is 1.73. The van der Waals surface area contributed by atoms with Gasteiger partial charge >= 0.3 is 0 Å². The Bertz CT molecular complexity index is 458. The average Bonchev–Trinajstić information content (AvgIpc) is 2.28. The number of anilines is 1. The fourth-order valence-corrected chi connectivity index (χ4v) is 1.73. The number of carbonyl (C=O) groups excluding carboxylic acids is 2. The van der Waals surface area contributed by atoms with Crippen LogP contribution in [0.1, 0.15) is 11.4 Å². The molecule has 2 rings (SSSR count). The Kier molecular flexibility index (Phi) is 3.52. The molecule has 0 radical (unpaired) electrons. The summed E-state index contributed by atoms with van der Waals surface area (Å²) in [7, 11) is 0. The van der Waals surface area contributed by atoms with Crippen molar-refractivity contribution >= 4 is 17.8 Å². The van der Waals surface area contributed by atoms with E-state index in [2.05, 4.69) is 25.9 Å². The van der Waals surface area contributed by atoms with E-state index in [9.17, 15) is 9.59 Å². The van der Waals surface area contributed by atoms with E-state index in [1.54, 1.807) is 0 Å². The lowest BCUT2D eigenvalue weighted by atomic mass is 10.2. The number of hydrogen-bond donors (Lipinski definition) is 3. The normalized spacial score (nSPS) is 19.2. The first-order valence-electron chi connectivity index (χ1n) is 5.68. The molecule has 0 spiro atoms. The first kappa shape index (κ1) is 12.4. The summed E-state index contributed by atoms with van der Waals surface area (Å²) in [5.41, 5.74) is 1.59. The monoisotopic (exact) mass is 249 g/mol. The molecule has 7 heteroatoms. The molecule has 0 aliphatic carbocycles. The maximum absolute atomic E-state index is 11.9. The number of hydrogen-bond acceptors (Lipinski definition) is 5. The summed E-state index contributed by atoms with van der Waals surface area (Å²) >= 11 is 0. The summed E-state index contributed by atoms with van der Waals surface area (Å²) < 4.78 is 0. The Morgan fingerprint density at radius 3 is 2.61 bits per heavy atom. The van der Waals surface area contributed by atoms with Crippen LogP contribution in [0.3, 0.4) is 0 Å². The standard InChI is InChI=1S/C11H15N5O2/c1-6-3-7(2)15-11(14-6)16-10(18)8-4-13-9(17)5-12-8/h3,8,12H,4-5H2,1-2H3,(H,13,17)(H,14,15,16,18). The molecule has 1 aromatic heterocycles. The first-order valence-corrected chi connectivity index (χ1v) is 5.68. The third-order valence-corrected chi connectivity index (χ3v) is 2.55. The molecule has 1 saturated heterocycles. The topological polar surface area (TPSA) is 96.0 Å². The van der Waals surface area contributed by atoms with Gasteiger partial charge < -0.3 is 5.32 Å². The van der Waals surface area contributed by atoms with Crippen LogP contribution >= 0.6 is 0 Å². The molecule has 2 heterocycles. The average molecular weight is 249 g/mol. The molecule has 96 valence electrons. The van der Waals surface area contributed by atoms with Gasteiger partial charge in [-0.1, -0.05) is 0 Å². The molecule has 1 aliphatic heterocycles. The summed E-state index contributed by atoms with van der Waals surface area (Å²) in [6.45, 7) is 4.09. The molecular formula is C11H15N5O2. The molecular weight excluding hydrogens is 234 g/mol. The van der Waals surface area contributed by atoms with E-state index in [0.717, 1.165) is 11.4 Å². The Hall–Kier alpha value is -2.02. The summed E-state index contributed by atoms with van der Waals surface area (Å²) in [6, 6.07) is 1.38. The van der Waals surface area contributed by atoms with E-state index >= 15 is 0 Å². The smallest absolute Gasteiger partial charge is 0.245 e. The van der Waals surface area contributed by atoms with Crippen LogP contribution in [0, 0.1) is 13.8 Å². The highest BCUT2D eigenvalue weighted by molar-refractivity contribution is 5.95. The number of aryl methyl sites for hydroxylation is 2. The maximum Gasteiger partial charge on any atom is 0.245 e. The van der Waals surface area contributed by atoms with Gasteiger partial charge in [0.15, 0.2) is 0 Å². The molecule has 2 amide bonds. The number of amides is 2. The van der Waals surface area contributed by atoms with Crippen molar-refractivity contribution in [3.05, 3.63) is 17.5 Å². The quantitative estimate of drug-likeness (QED) is 0.632. The van der Waals surface area contributed by atoms with Crippen LogP contribution in [0.2, 0.25) is 0 Å².